The van der Waals surface area contributed by atoms with Gasteiger partial charge in [-0.3, -0.25) is 0 Å². The first-order valence-electron chi connectivity index (χ1n) is 8.25. The number of carboxylic acids is 1. The average molecular weight is 558 g/mol. The molecule has 0 aliphatic heterocycles. The maximum atomic E-state index is 12.1. The standard InChI is InChI=1S/C18H24I2O4/c19-12-8-4-2-1-3-5-9-14(20)13-24-18(23)16-11-7-6-10-15(16)17(21)22/h6-7,10-11,14H,1-5,8-9,12-13H2,(H,21,22). The lowest BCUT2D eigenvalue weighted by atomic mass is 10.1. The van der Waals surface area contributed by atoms with Crippen molar-refractivity contribution in [3.63, 3.8) is 0 Å². The van der Waals surface area contributed by atoms with Gasteiger partial charge in [-0.15, -0.1) is 0 Å². The molecule has 1 aromatic carbocycles. The second-order valence-electron chi connectivity index (χ2n) is 5.65. The summed E-state index contributed by atoms with van der Waals surface area (Å²) in [6.07, 6.45) is 8.57. The number of carboxylic acid groups (broad SMARTS) is 1. The van der Waals surface area contributed by atoms with E-state index in [4.69, 9.17) is 9.84 Å². The van der Waals surface area contributed by atoms with Gasteiger partial charge in [0.2, 0.25) is 0 Å². The minimum absolute atomic E-state index is 0.0148. The number of esters is 1. The van der Waals surface area contributed by atoms with Gasteiger partial charge in [0.05, 0.1) is 11.1 Å². The molecule has 1 rings (SSSR count). The number of benzene rings is 1. The average Bonchev–Trinajstić information content (AvgIpc) is 2.58. The second-order valence-corrected chi connectivity index (χ2v) is 8.49. The number of rotatable bonds is 12. The van der Waals surface area contributed by atoms with E-state index in [9.17, 15) is 9.59 Å². The van der Waals surface area contributed by atoms with E-state index in [0.717, 1.165) is 12.8 Å². The minimum atomic E-state index is -1.11. The fraction of sp³-hybridized carbons (Fsp3) is 0.556. The molecular weight excluding hydrogens is 534 g/mol. The highest BCUT2D eigenvalue weighted by Gasteiger charge is 2.18. The van der Waals surface area contributed by atoms with Crippen molar-refractivity contribution in [3.8, 4) is 0 Å². The lowest BCUT2D eigenvalue weighted by Crippen LogP contribution is -2.16. The molecule has 134 valence electrons. The molecule has 0 spiro atoms. The topological polar surface area (TPSA) is 63.6 Å². The first kappa shape index (κ1) is 21.7. The normalized spacial score (nSPS) is 11.9. The van der Waals surface area contributed by atoms with Gasteiger partial charge < -0.3 is 9.84 Å². The molecule has 0 amide bonds. The Morgan fingerprint density at radius 2 is 1.58 bits per heavy atom. The molecule has 24 heavy (non-hydrogen) atoms. The molecule has 0 aromatic heterocycles. The van der Waals surface area contributed by atoms with E-state index in [1.165, 1.54) is 48.7 Å². The molecule has 1 unspecified atom stereocenters. The van der Waals surface area contributed by atoms with Crippen LogP contribution in [0.5, 0.6) is 0 Å². The number of carbonyl (C=O) groups excluding carboxylic acids is 1. The first-order valence-corrected chi connectivity index (χ1v) is 11.0. The Kier molecular flexibility index (Phi) is 11.7. The molecule has 0 saturated carbocycles. The van der Waals surface area contributed by atoms with Gasteiger partial charge in [0, 0.05) is 3.92 Å². The summed E-state index contributed by atoms with van der Waals surface area (Å²) in [5.74, 6) is -1.68. The highest BCUT2D eigenvalue weighted by molar-refractivity contribution is 14.1. The Bertz CT molecular complexity index is 519. The Morgan fingerprint density at radius 1 is 1.00 bits per heavy atom. The number of hydrogen-bond acceptors (Lipinski definition) is 3. The molecule has 0 radical (unpaired) electrons. The molecule has 0 heterocycles. The molecule has 0 bridgehead atoms. The van der Waals surface area contributed by atoms with Crippen molar-refractivity contribution in [1.82, 2.24) is 0 Å². The summed E-state index contributed by atoms with van der Waals surface area (Å²) in [6, 6.07) is 6.15. The van der Waals surface area contributed by atoms with Crippen molar-refractivity contribution in [1.29, 1.82) is 0 Å². The Labute approximate surface area is 171 Å². The van der Waals surface area contributed by atoms with Crippen LogP contribution in [0.1, 0.15) is 65.7 Å². The zero-order valence-corrected chi connectivity index (χ0v) is 18.0. The number of ether oxygens (including phenoxy) is 1. The molecule has 0 saturated heterocycles. The van der Waals surface area contributed by atoms with Gasteiger partial charge in [0.1, 0.15) is 6.61 Å². The van der Waals surface area contributed by atoms with E-state index in [1.807, 2.05) is 0 Å². The van der Waals surface area contributed by atoms with Gasteiger partial charge in [-0.05, 0) is 29.4 Å². The quantitative estimate of drug-likeness (QED) is 0.159. The summed E-state index contributed by atoms with van der Waals surface area (Å²) in [7, 11) is 0. The molecule has 6 heteroatoms. The van der Waals surface area contributed by atoms with Crippen molar-refractivity contribution in [2.45, 2.75) is 48.9 Å². The van der Waals surface area contributed by atoms with Crippen molar-refractivity contribution < 1.29 is 19.4 Å². The third kappa shape index (κ3) is 8.64. The van der Waals surface area contributed by atoms with Crippen LogP contribution in [0.4, 0.5) is 0 Å². The Balaban J connectivity index is 2.26. The van der Waals surface area contributed by atoms with Crippen LogP contribution in [0.15, 0.2) is 24.3 Å². The van der Waals surface area contributed by atoms with Gasteiger partial charge in [-0.2, -0.15) is 0 Å². The zero-order valence-electron chi connectivity index (χ0n) is 13.7. The summed E-state index contributed by atoms with van der Waals surface area (Å²) in [5.41, 5.74) is 0.0999. The fourth-order valence-electron chi connectivity index (χ4n) is 2.34. The summed E-state index contributed by atoms with van der Waals surface area (Å²) in [6.45, 7) is 0.322. The van der Waals surface area contributed by atoms with Crippen LogP contribution in [-0.4, -0.2) is 32.0 Å². The predicted octanol–water partition coefficient (Wildman–Crippen LogP) is 5.51. The number of aromatic carboxylic acids is 1. The molecule has 1 atom stereocenters. The lowest BCUT2D eigenvalue weighted by Gasteiger charge is -2.11. The van der Waals surface area contributed by atoms with Crippen LogP contribution < -0.4 is 0 Å². The van der Waals surface area contributed by atoms with Crippen LogP contribution in [0.25, 0.3) is 0 Å². The smallest absolute Gasteiger partial charge is 0.339 e. The highest BCUT2D eigenvalue weighted by atomic mass is 127. The SMILES string of the molecule is O=C(O)c1ccccc1C(=O)OCC(I)CCCCCCCCI. The van der Waals surface area contributed by atoms with Gasteiger partial charge in [0.15, 0.2) is 0 Å². The second kappa shape index (κ2) is 12.9. The molecule has 0 aliphatic rings. The van der Waals surface area contributed by atoms with Gasteiger partial charge in [-0.25, -0.2) is 9.59 Å². The maximum absolute atomic E-state index is 12.1. The Morgan fingerprint density at radius 3 is 2.21 bits per heavy atom. The highest BCUT2D eigenvalue weighted by Crippen LogP contribution is 2.16. The number of alkyl halides is 2. The van der Waals surface area contributed by atoms with E-state index in [0.29, 0.717) is 6.61 Å². The molecular formula is C18H24I2O4. The molecule has 0 aliphatic carbocycles. The van der Waals surface area contributed by atoms with E-state index >= 15 is 0 Å². The third-order valence-corrected chi connectivity index (χ3v) is 5.42. The zero-order chi connectivity index (χ0) is 17.8. The molecule has 1 aromatic rings. The number of unbranched alkanes of at least 4 members (excludes halogenated alkanes) is 5. The minimum Gasteiger partial charge on any atom is -0.478 e. The van der Waals surface area contributed by atoms with E-state index in [2.05, 4.69) is 45.2 Å². The number of carbonyl (C=O) groups is 2. The van der Waals surface area contributed by atoms with Crippen LogP contribution in [0.3, 0.4) is 0 Å². The van der Waals surface area contributed by atoms with E-state index in [1.54, 1.807) is 12.1 Å². The first-order chi connectivity index (χ1) is 11.6. The van der Waals surface area contributed by atoms with Crippen LogP contribution in [0.2, 0.25) is 0 Å². The molecule has 1 N–H and O–H groups in total. The fourth-order valence-corrected chi connectivity index (χ4v) is 3.50. The number of halogens is 2. The Hall–Kier alpha value is -0.380. The van der Waals surface area contributed by atoms with Crippen LogP contribution >= 0.6 is 45.2 Å². The molecule has 4 nitrogen and oxygen atoms in total. The van der Waals surface area contributed by atoms with E-state index in [-0.39, 0.29) is 15.1 Å². The maximum Gasteiger partial charge on any atom is 0.339 e. The van der Waals surface area contributed by atoms with Crippen LogP contribution in [-0.2, 0) is 4.74 Å². The summed E-state index contributed by atoms with van der Waals surface area (Å²) < 4.78 is 6.78. The van der Waals surface area contributed by atoms with Crippen molar-refractivity contribution in [3.05, 3.63) is 35.4 Å². The monoisotopic (exact) mass is 558 g/mol. The van der Waals surface area contributed by atoms with Gasteiger partial charge in [-0.1, -0.05) is 89.4 Å². The summed E-state index contributed by atoms with van der Waals surface area (Å²) in [5, 5.41) is 9.10. The van der Waals surface area contributed by atoms with Crippen molar-refractivity contribution in [2.75, 3.05) is 11.0 Å². The van der Waals surface area contributed by atoms with E-state index < -0.39 is 11.9 Å². The molecule has 0 fully saturated rings. The lowest BCUT2D eigenvalue weighted by molar-refractivity contribution is 0.0497. The van der Waals surface area contributed by atoms with Crippen molar-refractivity contribution in [2.24, 2.45) is 0 Å². The third-order valence-electron chi connectivity index (χ3n) is 3.67. The van der Waals surface area contributed by atoms with Gasteiger partial charge in [0.25, 0.3) is 0 Å². The van der Waals surface area contributed by atoms with Crippen LogP contribution in [0, 0.1) is 0 Å². The van der Waals surface area contributed by atoms with Gasteiger partial charge >= 0.3 is 11.9 Å². The van der Waals surface area contributed by atoms with Crippen molar-refractivity contribution >= 4 is 57.1 Å². The summed E-state index contributed by atoms with van der Waals surface area (Å²) >= 11 is 4.71. The number of hydrogen-bond donors (Lipinski definition) is 1. The largest absolute Gasteiger partial charge is 0.478 e. The predicted molar refractivity (Wildman–Crippen MR) is 113 cm³/mol. The summed E-state index contributed by atoms with van der Waals surface area (Å²) in [4.78, 5) is 23.2.